The smallest absolute Gasteiger partial charge is 0.251 e. The normalized spacial score (nSPS) is 10.6. The molecule has 0 spiro atoms. The summed E-state index contributed by atoms with van der Waals surface area (Å²) in [6.45, 7) is 0. The van der Waals surface area contributed by atoms with Crippen LogP contribution in [0.5, 0.6) is 0 Å². The van der Waals surface area contributed by atoms with Gasteiger partial charge in [0.2, 0.25) is 0 Å². The Morgan fingerprint density at radius 2 is 1.80 bits per heavy atom. The van der Waals surface area contributed by atoms with Crippen LogP contribution in [0.1, 0.15) is 10.4 Å². The molecule has 0 unspecified atom stereocenters. The third-order valence-electron chi connectivity index (χ3n) is 3.08. The molecule has 2 heterocycles. The van der Waals surface area contributed by atoms with Gasteiger partial charge in [0.05, 0.1) is 22.5 Å². The lowest BCUT2D eigenvalue weighted by Crippen LogP contribution is -2.15. The highest BCUT2D eigenvalue weighted by molar-refractivity contribution is 6.12. The molecule has 0 radical (unpaired) electrons. The van der Waals surface area contributed by atoms with E-state index < -0.39 is 5.91 Å². The van der Waals surface area contributed by atoms with Crippen molar-refractivity contribution in [3.05, 3.63) is 54.2 Å². The largest absolute Gasteiger partial charge is 0.396 e. The van der Waals surface area contributed by atoms with Crippen molar-refractivity contribution in [2.24, 2.45) is 5.73 Å². The van der Waals surface area contributed by atoms with E-state index in [1.54, 1.807) is 24.4 Å². The molecule has 4 N–H and O–H groups in total. The van der Waals surface area contributed by atoms with Crippen molar-refractivity contribution >= 4 is 22.5 Å². The number of anilines is 1. The van der Waals surface area contributed by atoms with Gasteiger partial charge in [0.15, 0.2) is 0 Å². The van der Waals surface area contributed by atoms with E-state index >= 15 is 0 Å². The number of carbonyl (C=O) groups is 1. The molecule has 5 nitrogen and oxygen atoms in total. The number of para-hydroxylation sites is 1. The lowest BCUT2D eigenvalue weighted by Gasteiger charge is -2.11. The Morgan fingerprint density at radius 1 is 1.05 bits per heavy atom. The average molecular weight is 264 g/mol. The Labute approximate surface area is 115 Å². The third-order valence-corrected chi connectivity index (χ3v) is 3.08. The maximum absolute atomic E-state index is 11.7. The zero-order chi connectivity index (χ0) is 14.1. The van der Waals surface area contributed by atoms with Crippen LogP contribution < -0.4 is 11.5 Å². The van der Waals surface area contributed by atoms with Crippen LogP contribution in [0.4, 0.5) is 5.69 Å². The highest BCUT2D eigenvalue weighted by Gasteiger charge is 2.17. The van der Waals surface area contributed by atoms with Gasteiger partial charge in [0, 0.05) is 11.6 Å². The predicted octanol–water partition coefficient (Wildman–Crippen LogP) is 1.98. The number of nitrogen functional groups attached to an aromatic ring is 1. The van der Waals surface area contributed by atoms with E-state index in [9.17, 15) is 4.79 Å². The fourth-order valence-electron chi connectivity index (χ4n) is 2.19. The van der Waals surface area contributed by atoms with Crippen LogP contribution in [0, 0.1) is 0 Å². The summed E-state index contributed by atoms with van der Waals surface area (Å²) in [7, 11) is 0. The summed E-state index contributed by atoms with van der Waals surface area (Å²) >= 11 is 0. The standard InChI is InChI=1S/C15H12N4O/c16-13-12(15(17)20)9-5-1-2-6-10(9)19-14(13)11-7-3-4-8-18-11/h1-8H,16H2,(H2,17,20). The maximum Gasteiger partial charge on any atom is 0.251 e. The number of pyridine rings is 2. The SMILES string of the molecule is NC(=O)c1c(N)c(-c2ccccn2)nc2ccccc12. The molecule has 1 aromatic carbocycles. The lowest BCUT2D eigenvalue weighted by atomic mass is 10.0. The summed E-state index contributed by atoms with van der Waals surface area (Å²) in [5, 5.41) is 0.650. The number of fused-ring (bicyclic) bond motifs is 1. The monoisotopic (exact) mass is 264 g/mol. The Balaban J connectivity index is 2.40. The van der Waals surface area contributed by atoms with E-state index in [0.29, 0.717) is 22.3 Å². The highest BCUT2D eigenvalue weighted by atomic mass is 16.1. The van der Waals surface area contributed by atoms with Gasteiger partial charge in [0.25, 0.3) is 5.91 Å². The molecule has 0 aliphatic heterocycles. The Bertz CT molecular complexity index is 800. The highest BCUT2D eigenvalue weighted by Crippen LogP contribution is 2.30. The van der Waals surface area contributed by atoms with Crippen LogP contribution in [0.15, 0.2) is 48.7 Å². The van der Waals surface area contributed by atoms with Crippen LogP contribution in [-0.4, -0.2) is 15.9 Å². The van der Waals surface area contributed by atoms with Gasteiger partial charge in [-0.1, -0.05) is 24.3 Å². The summed E-state index contributed by atoms with van der Waals surface area (Å²) in [6, 6.07) is 12.7. The van der Waals surface area contributed by atoms with Crippen LogP contribution in [0.25, 0.3) is 22.3 Å². The van der Waals surface area contributed by atoms with Crippen LogP contribution in [0.2, 0.25) is 0 Å². The number of rotatable bonds is 2. The molecule has 0 aliphatic carbocycles. The van der Waals surface area contributed by atoms with Gasteiger partial charge in [-0.05, 0) is 18.2 Å². The van der Waals surface area contributed by atoms with Crippen LogP contribution >= 0.6 is 0 Å². The predicted molar refractivity (Wildman–Crippen MR) is 77.9 cm³/mol. The summed E-state index contributed by atoms with van der Waals surface area (Å²) in [5.41, 5.74) is 13.8. The van der Waals surface area contributed by atoms with Crippen molar-refractivity contribution in [2.75, 3.05) is 5.73 Å². The van der Waals surface area contributed by atoms with Crippen molar-refractivity contribution in [3.63, 3.8) is 0 Å². The summed E-state index contributed by atoms with van der Waals surface area (Å²) in [6.07, 6.45) is 1.65. The lowest BCUT2D eigenvalue weighted by molar-refractivity contribution is 0.100. The number of benzene rings is 1. The van der Waals surface area contributed by atoms with Crippen LogP contribution in [0.3, 0.4) is 0 Å². The molecule has 98 valence electrons. The van der Waals surface area contributed by atoms with Crippen molar-refractivity contribution in [1.82, 2.24) is 9.97 Å². The Morgan fingerprint density at radius 3 is 2.50 bits per heavy atom. The first-order valence-corrected chi connectivity index (χ1v) is 6.08. The van der Waals surface area contributed by atoms with E-state index in [4.69, 9.17) is 11.5 Å². The van der Waals surface area contributed by atoms with Gasteiger partial charge in [-0.2, -0.15) is 0 Å². The number of primary amides is 1. The zero-order valence-electron chi connectivity index (χ0n) is 10.6. The van der Waals surface area contributed by atoms with Gasteiger partial charge in [0.1, 0.15) is 5.69 Å². The van der Waals surface area contributed by atoms with Crippen molar-refractivity contribution < 1.29 is 4.79 Å². The molecule has 0 saturated carbocycles. The fourth-order valence-corrected chi connectivity index (χ4v) is 2.19. The first-order chi connectivity index (χ1) is 9.68. The summed E-state index contributed by atoms with van der Waals surface area (Å²) in [5.74, 6) is -0.571. The number of carbonyl (C=O) groups excluding carboxylic acids is 1. The molecular weight excluding hydrogens is 252 g/mol. The first kappa shape index (κ1) is 12.1. The molecule has 20 heavy (non-hydrogen) atoms. The molecule has 0 bridgehead atoms. The number of nitrogens with two attached hydrogens (primary N) is 2. The minimum Gasteiger partial charge on any atom is -0.396 e. The number of hydrogen-bond donors (Lipinski definition) is 2. The topological polar surface area (TPSA) is 94.9 Å². The molecule has 0 aliphatic rings. The van der Waals surface area contributed by atoms with Gasteiger partial charge < -0.3 is 11.5 Å². The fraction of sp³-hybridized carbons (Fsp3) is 0. The second-order valence-electron chi connectivity index (χ2n) is 4.35. The molecule has 0 saturated heterocycles. The Kier molecular flexibility index (Phi) is 2.80. The average Bonchev–Trinajstić information content (AvgIpc) is 2.47. The molecular formula is C15H12N4O. The maximum atomic E-state index is 11.7. The number of nitrogens with zero attached hydrogens (tertiary/aromatic N) is 2. The van der Waals surface area contributed by atoms with Gasteiger partial charge in [-0.25, -0.2) is 4.98 Å². The first-order valence-electron chi connectivity index (χ1n) is 6.08. The van der Waals surface area contributed by atoms with E-state index in [2.05, 4.69) is 9.97 Å². The van der Waals surface area contributed by atoms with Crippen LogP contribution in [-0.2, 0) is 0 Å². The van der Waals surface area contributed by atoms with Gasteiger partial charge in [-0.3, -0.25) is 9.78 Å². The molecule has 1 amide bonds. The summed E-state index contributed by atoms with van der Waals surface area (Å²) < 4.78 is 0. The number of amides is 1. The second kappa shape index (κ2) is 4.62. The van der Waals surface area contributed by atoms with E-state index in [1.807, 2.05) is 24.3 Å². The minimum absolute atomic E-state index is 0.259. The minimum atomic E-state index is -0.571. The Hall–Kier alpha value is -2.95. The molecule has 0 fully saturated rings. The summed E-state index contributed by atoms with van der Waals surface area (Å²) in [4.78, 5) is 20.4. The van der Waals surface area contributed by atoms with E-state index in [0.717, 1.165) is 0 Å². The van der Waals surface area contributed by atoms with E-state index in [-0.39, 0.29) is 11.3 Å². The molecule has 0 atom stereocenters. The van der Waals surface area contributed by atoms with Crippen molar-refractivity contribution in [2.45, 2.75) is 0 Å². The number of aromatic nitrogens is 2. The molecule has 3 aromatic rings. The van der Waals surface area contributed by atoms with Crippen molar-refractivity contribution in [3.8, 4) is 11.4 Å². The molecule has 3 rings (SSSR count). The molecule has 2 aromatic heterocycles. The van der Waals surface area contributed by atoms with Gasteiger partial charge in [-0.15, -0.1) is 0 Å². The molecule has 5 heteroatoms. The number of hydrogen-bond acceptors (Lipinski definition) is 4. The second-order valence-corrected chi connectivity index (χ2v) is 4.35. The third kappa shape index (κ3) is 1.85. The van der Waals surface area contributed by atoms with E-state index in [1.165, 1.54) is 0 Å². The van der Waals surface area contributed by atoms with Crippen molar-refractivity contribution in [1.29, 1.82) is 0 Å². The van der Waals surface area contributed by atoms with Gasteiger partial charge >= 0.3 is 0 Å². The quantitative estimate of drug-likeness (QED) is 0.739. The zero-order valence-corrected chi connectivity index (χ0v) is 10.6.